The van der Waals surface area contributed by atoms with Gasteiger partial charge in [-0.2, -0.15) is 13.2 Å². The lowest BCUT2D eigenvalue weighted by Gasteiger charge is -2.10. The van der Waals surface area contributed by atoms with Gasteiger partial charge in [-0.3, -0.25) is 0 Å². The summed E-state index contributed by atoms with van der Waals surface area (Å²) in [7, 11) is 0. The average molecular weight is 511 g/mol. The summed E-state index contributed by atoms with van der Waals surface area (Å²) in [4.78, 5) is 8.64. The molecule has 0 fully saturated rings. The second kappa shape index (κ2) is 11.9. The van der Waals surface area contributed by atoms with Crippen molar-refractivity contribution in [2.45, 2.75) is 31.9 Å². The molecule has 0 atom stereocenters. The number of hydrogen-bond acceptors (Lipinski definition) is 4. The molecule has 37 heavy (non-hydrogen) atoms. The number of benzene rings is 3. The normalized spacial score (nSPS) is 11.5. The van der Waals surface area contributed by atoms with Crippen molar-refractivity contribution in [1.29, 1.82) is 0 Å². The van der Waals surface area contributed by atoms with Gasteiger partial charge in [-0.1, -0.05) is 55.1 Å². The summed E-state index contributed by atoms with van der Waals surface area (Å²) in [5.74, 6) is 1.18. The zero-order chi connectivity index (χ0) is 26.3. The standard InChI is InChI=1S/C29H26F4N2O2/c1-2-15-36-25-17-34-27(35-18-25)14-7-21-6-13-26-23(16-21)10-9-22(28(26)30)8-3-20-4-11-24(12-5-20)37-19-29(31,32)33/h2,4-6,9-13,16-18H,1,3,7-8,14-15,19H2. The zero-order valence-electron chi connectivity index (χ0n) is 20.1. The molecule has 0 radical (unpaired) electrons. The highest BCUT2D eigenvalue weighted by molar-refractivity contribution is 5.84. The van der Waals surface area contributed by atoms with Crippen molar-refractivity contribution >= 4 is 10.8 Å². The Morgan fingerprint density at radius 2 is 1.49 bits per heavy atom. The summed E-state index contributed by atoms with van der Waals surface area (Å²) in [6.45, 7) is 2.67. The van der Waals surface area contributed by atoms with E-state index in [0.29, 0.717) is 48.4 Å². The van der Waals surface area contributed by atoms with Crippen LogP contribution in [0.1, 0.15) is 22.5 Å². The summed E-state index contributed by atoms with van der Waals surface area (Å²) in [5, 5.41) is 1.37. The van der Waals surface area contributed by atoms with Crippen molar-refractivity contribution < 1.29 is 27.0 Å². The Morgan fingerprint density at radius 3 is 2.19 bits per heavy atom. The molecule has 0 saturated heterocycles. The topological polar surface area (TPSA) is 44.2 Å². The van der Waals surface area contributed by atoms with Crippen LogP contribution >= 0.6 is 0 Å². The van der Waals surface area contributed by atoms with Gasteiger partial charge in [0.15, 0.2) is 12.4 Å². The molecule has 0 N–H and O–H groups in total. The fourth-order valence-corrected chi connectivity index (χ4v) is 3.89. The monoisotopic (exact) mass is 510 g/mol. The van der Waals surface area contributed by atoms with Gasteiger partial charge in [-0.25, -0.2) is 14.4 Å². The first-order valence-electron chi connectivity index (χ1n) is 11.8. The fraction of sp³-hybridized carbons (Fsp3) is 0.241. The molecule has 0 amide bonds. The van der Waals surface area contributed by atoms with Crippen LogP contribution in [0.25, 0.3) is 10.8 Å². The predicted molar refractivity (Wildman–Crippen MR) is 134 cm³/mol. The van der Waals surface area contributed by atoms with E-state index in [4.69, 9.17) is 9.47 Å². The third kappa shape index (κ3) is 7.52. The largest absolute Gasteiger partial charge is 0.486 e. The van der Waals surface area contributed by atoms with Gasteiger partial charge < -0.3 is 9.47 Å². The summed E-state index contributed by atoms with van der Waals surface area (Å²) < 4.78 is 62.2. The van der Waals surface area contributed by atoms with Gasteiger partial charge in [0.2, 0.25) is 0 Å². The van der Waals surface area contributed by atoms with Gasteiger partial charge in [-0.15, -0.1) is 0 Å². The van der Waals surface area contributed by atoms with Crippen LogP contribution in [0.5, 0.6) is 11.5 Å². The molecular weight excluding hydrogens is 484 g/mol. The van der Waals surface area contributed by atoms with Crippen LogP contribution in [0.3, 0.4) is 0 Å². The molecule has 0 aliphatic carbocycles. The first-order chi connectivity index (χ1) is 17.8. The van der Waals surface area contributed by atoms with Crippen LogP contribution in [0, 0.1) is 5.82 Å². The molecule has 1 aromatic heterocycles. The van der Waals surface area contributed by atoms with Gasteiger partial charge in [0, 0.05) is 11.8 Å². The molecule has 0 aliphatic heterocycles. The summed E-state index contributed by atoms with van der Waals surface area (Å²) >= 11 is 0. The predicted octanol–water partition coefficient (Wildman–Crippen LogP) is 6.85. The van der Waals surface area contributed by atoms with Crippen molar-refractivity contribution in [3.8, 4) is 11.5 Å². The first-order valence-corrected chi connectivity index (χ1v) is 11.8. The molecule has 0 bridgehead atoms. The van der Waals surface area contributed by atoms with E-state index in [1.807, 2.05) is 18.2 Å². The maximum Gasteiger partial charge on any atom is 0.422 e. The summed E-state index contributed by atoms with van der Waals surface area (Å²) in [5.41, 5.74) is 2.53. The highest BCUT2D eigenvalue weighted by Crippen LogP contribution is 2.25. The molecule has 0 saturated carbocycles. The Hall–Kier alpha value is -3.94. The Morgan fingerprint density at radius 1 is 0.784 bits per heavy atom. The summed E-state index contributed by atoms with van der Waals surface area (Å²) in [6, 6.07) is 15.8. The smallest absolute Gasteiger partial charge is 0.422 e. The van der Waals surface area contributed by atoms with Crippen molar-refractivity contribution in [2.24, 2.45) is 0 Å². The minimum Gasteiger partial charge on any atom is -0.486 e. The van der Waals surface area contributed by atoms with Crippen LogP contribution in [-0.4, -0.2) is 29.4 Å². The van der Waals surface area contributed by atoms with Gasteiger partial charge in [-0.05, 0) is 53.5 Å². The van der Waals surface area contributed by atoms with Crippen LogP contribution in [0.15, 0.2) is 79.6 Å². The Kier molecular flexibility index (Phi) is 8.38. The molecule has 0 aliphatic rings. The molecule has 1 heterocycles. The van der Waals surface area contributed by atoms with Crippen LogP contribution in [0.4, 0.5) is 17.6 Å². The van der Waals surface area contributed by atoms with E-state index in [9.17, 15) is 13.2 Å². The number of hydrogen-bond donors (Lipinski definition) is 0. The second-order valence-electron chi connectivity index (χ2n) is 8.58. The quantitative estimate of drug-likeness (QED) is 0.164. The van der Waals surface area contributed by atoms with Crippen LogP contribution in [-0.2, 0) is 25.7 Å². The zero-order valence-corrected chi connectivity index (χ0v) is 20.1. The number of halogens is 4. The van der Waals surface area contributed by atoms with E-state index in [1.165, 1.54) is 12.1 Å². The second-order valence-corrected chi connectivity index (χ2v) is 8.58. The SMILES string of the molecule is C=CCOc1cnc(CCc2ccc3c(F)c(CCc4ccc(OCC(F)(F)F)cc4)ccc3c2)nc1. The highest BCUT2D eigenvalue weighted by Gasteiger charge is 2.28. The van der Waals surface area contributed by atoms with Gasteiger partial charge >= 0.3 is 6.18 Å². The van der Waals surface area contributed by atoms with E-state index in [1.54, 1.807) is 42.7 Å². The Balaban J connectivity index is 1.35. The molecule has 4 aromatic rings. The first kappa shape index (κ1) is 26.1. The molecule has 8 heteroatoms. The molecule has 192 valence electrons. The Bertz CT molecular complexity index is 1340. The number of alkyl halides is 3. The van der Waals surface area contributed by atoms with E-state index in [-0.39, 0.29) is 11.6 Å². The maximum absolute atomic E-state index is 15.2. The fourth-order valence-electron chi connectivity index (χ4n) is 3.89. The van der Waals surface area contributed by atoms with Crippen molar-refractivity contribution in [1.82, 2.24) is 9.97 Å². The lowest BCUT2D eigenvalue weighted by atomic mass is 9.98. The lowest BCUT2D eigenvalue weighted by molar-refractivity contribution is -0.153. The maximum atomic E-state index is 15.2. The molecule has 0 unspecified atom stereocenters. The Labute approximate surface area is 212 Å². The van der Waals surface area contributed by atoms with E-state index >= 15 is 4.39 Å². The van der Waals surface area contributed by atoms with Crippen LogP contribution in [0.2, 0.25) is 0 Å². The number of aromatic nitrogens is 2. The molecular formula is C29H26F4N2O2. The number of nitrogens with zero attached hydrogens (tertiary/aromatic N) is 2. The van der Waals surface area contributed by atoms with Crippen molar-refractivity contribution in [2.75, 3.05) is 13.2 Å². The third-order valence-corrected chi connectivity index (χ3v) is 5.79. The molecule has 4 nitrogen and oxygen atoms in total. The number of fused-ring (bicyclic) bond motifs is 1. The molecule has 4 rings (SSSR count). The van der Waals surface area contributed by atoms with Crippen molar-refractivity contribution in [3.05, 3.63) is 108 Å². The molecule has 3 aromatic carbocycles. The minimum absolute atomic E-state index is 0.148. The minimum atomic E-state index is -4.38. The number of ether oxygens (including phenoxy) is 2. The number of rotatable bonds is 11. The lowest BCUT2D eigenvalue weighted by Crippen LogP contribution is -2.19. The average Bonchev–Trinajstić information content (AvgIpc) is 2.90. The summed E-state index contributed by atoms with van der Waals surface area (Å²) in [6.07, 6.45) is 2.94. The van der Waals surface area contributed by atoms with Gasteiger partial charge in [0.05, 0.1) is 12.4 Å². The van der Waals surface area contributed by atoms with E-state index in [2.05, 4.69) is 16.5 Å². The van der Waals surface area contributed by atoms with E-state index in [0.717, 1.165) is 22.9 Å². The van der Waals surface area contributed by atoms with Gasteiger partial charge in [0.1, 0.15) is 24.0 Å². The third-order valence-electron chi connectivity index (χ3n) is 5.79. The molecule has 0 spiro atoms. The highest BCUT2D eigenvalue weighted by atomic mass is 19.4. The van der Waals surface area contributed by atoms with Gasteiger partial charge in [0.25, 0.3) is 0 Å². The van der Waals surface area contributed by atoms with Crippen LogP contribution < -0.4 is 9.47 Å². The van der Waals surface area contributed by atoms with E-state index < -0.39 is 12.8 Å². The van der Waals surface area contributed by atoms with Crippen molar-refractivity contribution in [3.63, 3.8) is 0 Å². The number of aryl methyl sites for hydroxylation is 4.